The second-order valence-corrected chi connectivity index (χ2v) is 8.00. The van der Waals surface area contributed by atoms with Crippen LogP contribution in [0.15, 0.2) is 60.8 Å². The van der Waals surface area contributed by atoms with E-state index in [9.17, 15) is 13.2 Å². The minimum Gasteiger partial charge on any atom is -0.497 e. The summed E-state index contributed by atoms with van der Waals surface area (Å²) < 4.78 is 41.4. The Morgan fingerprint density at radius 3 is 2.40 bits per heavy atom. The molecular weight excluding hydrogens is 408 g/mol. The zero-order chi connectivity index (χ0) is 21.7. The van der Waals surface area contributed by atoms with Gasteiger partial charge < -0.3 is 14.2 Å². The molecule has 1 aromatic heterocycles. The fraction of sp³-hybridized carbons (Fsp3) is 0.143. The summed E-state index contributed by atoms with van der Waals surface area (Å²) in [6, 6.07) is 15.1. The van der Waals surface area contributed by atoms with E-state index >= 15 is 0 Å². The number of rotatable bonds is 7. The van der Waals surface area contributed by atoms with Crippen LogP contribution in [0.5, 0.6) is 23.1 Å². The average molecular weight is 428 g/mol. The summed E-state index contributed by atoms with van der Waals surface area (Å²) in [5.74, 6) is 1.14. The predicted octanol–water partition coefficient (Wildman–Crippen LogP) is 3.25. The van der Waals surface area contributed by atoms with Crippen LogP contribution < -0.4 is 18.9 Å². The van der Waals surface area contributed by atoms with Gasteiger partial charge in [-0.1, -0.05) is 6.07 Å². The Morgan fingerprint density at radius 2 is 1.70 bits per heavy atom. The Hall–Kier alpha value is -3.59. The van der Waals surface area contributed by atoms with Crippen molar-refractivity contribution in [2.24, 2.45) is 0 Å². The number of pyridine rings is 1. The summed E-state index contributed by atoms with van der Waals surface area (Å²) in [7, 11) is -0.673. The van der Waals surface area contributed by atoms with Crippen LogP contribution in [0.4, 0.5) is 0 Å². The maximum atomic E-state index is 12.4. The number of carbonyl (C=O) groups excluding carboxylic acids is 1. The third kappa shape index (κ3) is 5.06. The van der Waals surface area contributed by atoms with Crippen molar-refractivity contribution in [1.82, 2.24) is 9.71 Å². The molecule has 1 N–H and O–H groups in total. The fourth-order valence-corrected chi connectivity index (χ4v) is 3.20. The molecule has 0 spiro atoms. The molecule has 0 aliphatic carbocycles. The molecular formula is C21H20N2O6S. The lowest BCUT2D eigenvalue weighted by atomic mass is 10.0. The molecule has 8 nitrogen and oxygen atoms in total. The lowest BCUT2D eigenvalue weighted by Gasteiger charge is -2.15. The van der Waals surface area contributed by atoms with E-state index < -0.39 is 15.9 Å². The second-order valence-electron chi connectivity index (χ2n) is 6.26. The Balaban J connectivity index is 2.10. The van der Waals surface area contributed by atoms with E-state index in [-0.39, 0.29) is 5.56 Å². The Bertz CT molecular complexity index is 1180. The van der Waals surface area contributed by atoms with Crippen molar-refractivity contribution in [3.05, 3.63) is 66.4 Å². The van der Waals surface area contributed by atoms with Gasteiger partial charge in [0.25, 0.3) is 5.91 Å². The highest BCUT2D eigenvalue weighted by atomic mass is 32.2. The van der Waals surface area contributed by atoms with Gasteiger partial charge in [-0.25, -0.2) is 18.1 Å². The molecule has 1 heterocycles. The Kier molecular flexibility index (Phi) is 6.22. The van der Waals surface area contributed by atoms with Crippen molar-refractivity contribution in [3.63, 3.8) is 0 Å². The molecule has 0 radical (unpaired) electrons. The first-order valence-electron chi connectivity index (χ1n) is 8.78. The molecule has 2 aromatic carbocycles. The third-order valence-corrected chi connectivity index (χ3v) is 4.60. The molecule has 0 aliphatic heterocycles. The van der Waals surface area contributed by atoms with E-state index in [1.54, 1.807) is 55.8 Å². The number of benzene rings is 2. The number of nitrogens with zero attached hydrogens (tertiary/aromatic N) is 1. The van der Waals surface area contributed by atoms with Crippen LogP contribution in [0.1, 0.15) is 10.4 Å². The van der Waals surface area contributed by atoms with Gasteiger partial charge in [-0.15, -0.1) is 0 Å². The number of amides is 1. The average Bonchev–Trinajstić information content (AvgIpc) is 2.73. The van der Waals surface area contributed by atoms with E-state index in [0.717, 1.165) is 6.26 Å². The molecule has 0 saturated carbocycles. The molecule has 9 heteroatoms. The molecule has 1 amide bonds. The highest BCUT2D eigenvalue weighted by Crippen LogP contribution is 2.38. The van der Waals surface area contributed by atoms with Crippen molar-refractivity contribution in [2.45, 2.75) is 0 Å². The molecule has 30 heavy (non-hydrogen) atoms. The molecule has 0 atom stereocenters. The van der Waals surface area contributed by atoms with Gasteiger partial charge >= 0.3 is 0 Å². The quantitative estimate of drug-likeness (QED) is 0.616. The number of carbonyl (C=O) groups is 1. The monoisotopic (exact) mass is 428 g/mol. The standard InChI is InChI=1S/C21H20N2O6S/c1-27-15-6-4-7-16(13-15)29-19-10-9-14(20(24)23-30(3,25)26)12-18(19)17-8-5-11-22-21(17)28-2/h4-13H,1-3H3,(H,23,24). The molecule has 0 saturated heterocycles. The molecule has 0 unspecified atom stereocenters. The van der Waals surface area contributed by atoms with Crippen LogP contribution in [0, 0.1) is 0 Å². The van der Waals surface area contributed by atoms with Gasteiger partial charge in [0.1, 0.15) is 17.2 Å². The maximum absolute atomic E-state index is 12.4. The Labute approximate surface area is 174 Å². The lowest BCUT2D eigenvalue weighted by molar-refractivity contribution is 0.0981. The first-order chi connectivity index (χ1) is 14.3. The zero-order valence-electron chi connectivity index (χ0n) is 16.6. The molecule has 3 rings (SSSR count). The van der Waals surface area contributed by atoms with Crippen LogP contribution in [0.3, 0.4) is 0 Å². The van der Waals surface area contributed by atoms with Crippen molar-refractivity contribution in [3.8, 4) is 34.3 Å². The van der Waals surface area contributed by atoms with Crippen molar-refractivity contribution >= 4 is 15.9 Å². The fourth-order valence-electron chi connectivity index (χ4n) is 2.75. The predicted molar refractivity (Wildman–Crippen MR) is 112 cm³/mol. The highest BCUT2D eigenvalue weighted by Gasteiger charge is 2.18. The molecule has 0 aliphatic rings. The van der Waals surface area contributed by atoms with Crippen LogP contribution in [0.25, 0.3) is 11.1 Å². The maximum Gasteiger partial charge on any atom is 0.264 e. The van der Waals surface area contributed by atoms with Crippen molar-refractivity contribution in [2.75, 3.05) is 20.5 Å². The third-order valence-electron chi connectivity index (χ3n) is 4.04. The highest BCUT2D eigenvalue weighted by molar-refractivity contribution is 7.89. The number of nitrogens with one attached hydrogen (secondary N) is 1. The smallest absolute Gasteiger partial charge is 0.264 e. The van der Waals surface area contributed by atoms with Crippen LogP contribution >= 0.6 is 0 Å². The Morgan fingerprint density at radius 1 is 0.933 bits per heavy atom. The summed E-state index contributed by atoms with van der Waals surface area (Å²) in [6.07, 6.45) is 2.49. The molecule has 0 fully saturated rings. The molecule has 3 aromatic rings. The normalized spacial score (nSPS) is 10.9. The summed E-state index contributed by atoms with van der Waals surface area (Å²) in [4.78, 5) is 16.5. The molecule has 156 valence electrons. The number of ether oxygens (including phenoxy) is 3. The number of sulfonamides is 1. The van der Waals surface area contributed by atoms with Gasteiger partial charge in [0.2, 0.25) is 15.9 Å². The largest absolute Gasteiger partial charge is 0.497 e. The van der Waals surface area contributed by atoms with Crippen molar-refractivity contribution in [1.29, 1.82) is 0 Å². The van der Waals surface area contributed by atoms with E-state index in [1.807, 2.05) is 4.72 Å². The van der Waals surface area contributed by atoms with Gasteiger partial charge in [0, 0.05) is 29.0 Å². The van der Waals surface area contributed by atoms with Crippen LogP contribution in [-0.2, 0) is 10.0 Å². The van der Waals surface area contributed by atoms with Gasteiger partial charge in [0.15, 0.2) is 0 Å². The molecule has 0 bridgehead atoms. The van der Waals surface area contributed by atoms with E-state index in [1.165, 1.54) is 19.2 Å². The van der Waals surface area contributed by atoms with Gasteiger partial charge in [-0.2, -0.15) is 0 Å². The van der Waals surface area contributed by atoms with Gasteiger partial charge in [0.05, 0.1) is 20.5 Å². The van der Waals surface area contributed by atoms with Crippen LogP contribution in [-0.4, -0.2) is 39.8 Å². The number of aromatic nitrogens is 1. The first-order valence-corrected chi connectivity index (χ1v) is 10.7. The number of methoxy groups -OCH3 is 2. The van der Waals surface area contributed by atoms with Gasteiger partial charge in [-0.3, -0.25) is 4.79 Å². The SMILES string of the molecule is COc1cccc(Oc2ccc(C(=O)NS(C)(=O)=O)cc2-c2cccnc2OC)c1. The van der Waals surface area contributed by atoms with E-state index in [0.29, 0.717) is 34.3 Å². The van der Waals surface area contributed by atoms with E-state index in [4.69, 9.17) is 14.2 Å². The van der Waals surface area contributed by atoms with Crippen molar-refractivity contribution < 1.29 is 27.4 Å². The number of hydrogen-bond donors (Lipinski definition) is 1. The minimum absolute atomic E-state index is 0.138. The van der Waals surface area contributed by atoms with Crippen LogP contribution in [0.2, 0.25) is 0 Å². The summed E-state index contributed by atoms with van der Waals surface area (Å²) in [5, 5.41) is 0. The van der Waals surface area contributed by atoms with Gasteiger partial charge in [-0.05, 0) is 42.5 Å². The summed E-state index contributed by atoms with van der Waals surface area (Å²) in [6.45, 7) is 0. The summed E-state index contributed by atoms with van der Waals surface area (Å²) in [5.41, 5.74) is 1.22. The first kappa shape index (κ1) is 21.1. The minimum atomic E-state index is -3.71. The number of hydrogen-bond acceptors (Lipinski definition) is 7. The zero-order valence-corrected chi connectivity index (χ0v) is 17.4. The lowest BCUT2D eigenvalue weighted by Crippen LogP contribution is -2.29. The topological polar surface area (TPSA) is 104 Å². The van der Waals surface area contributed by atoms with E-state index in [2.05, 4.69) is 4.98 Å². The summed E-state index contributed by atoms with van der Waals surface area (Å²) >= 11 is 0. The second kappa shape index (κ2) is 8.83.